The van der Waals surface area contributed by atoms with Gasteiger partial charge < -0.3 is 9.80 Å². The molecule has 1 spiro atoms. The summed E-state index contributed by atoms with van der Waals surface area (Å²) in [5.41, 5.74) is 1.61. The number of carbonyl (C=O) groups is 1. The summed E-state index contributed by atoms with van der Waals surface area (Å²) in [6.07, 6.45) is 15.0. The van der Waals surface area contributed by atoms with Crippen molar-refractivity contribution in [3.63, 3.8) is 0 Å². The quantitative estimate of drug-likeness (QED) is 0.699. The first kappa shape index (κ1) is 19.9. The number of benzene rings is 1. The Morgan fingerprint density at radius 3 is 2.32 bits per heavy atom. The van der Waals surface area contributed by atoms with Gasteiger partial charge in [-0.25, -0.2) is 0 Å². The smallest absolute Gasteiger partial charge is 0.253 e. The van der Waals surface area contributed by atoms with E-state index in [0.29, 0.717) is 11.0 Å². The van der Waals surface area contributed by atoms with E-state index in [0.717, 1.165) is 24.6 Å². The molecule has 0 unspecified atom stereocenters. The highest BCUT2D eigenvalue weighted by Gasteiger charge is 2.48. The molecule has 0 aromatic heterocycles. The van der Waals surface area contributed by atoms with Crippen LogP contribution in [0.3, 0.4) is 0 Å². The molecule has 0 radical (unpaired) electrons. The molecule has 3 heteroatoms. The molecule has 0 atom stereocenters. The normalized spacial score (nSPS) is 31.6. The molecule has 1 aliphatic heterocycles. The first-order valence-corrected chi connectivity index (χ1v) is 11.5. The van der Waals surface area contributed by atoms with Crippen LogP contribution >= 0.6 is 0 Å². The van der Waals surface area contributed by atoms with E-state index in [1.807, 2.05) is 30.3 Å². The molecule has 2 saturated carbocycles. The molecule has 154 valence electrons. The standard InChI is InChI=1S/C25H38N2O/c1-26(2)25(19-21-9-5-3-6-10-21)15-13-24(14-16-25)17-18-27(20-24)23(28)22-11-7-4-8-12-22/h4,7-8,11-12,21H,3,5-6,9-10,13-20H2,1-2H3. The first-order valence-electron chi connectivity index (χ1n) is 11.5. The summed E-state index contributed by atoms with van der Waals surface area (Å²) in [5, 5.41) is 0. The summed E-state index contributed by atoms with van der Waals surface area (Å²) in [7, 11) is 4.61. The van der Waals surface area contributed by atoms with Gasteiger partial charge in [-0.2, -0.15) is 0 Å². The van der Waals surface area contributed by atoms with E-state index < -0.39 is 0 Å². The van der Waals surface area contributed by atoms with E-state index in [9.17, 15) is 4.79 Å². The van der Waals surface area contributed by atoms with E-state index in [1.165, 1.54) is 70.6 Å². The SMILES string of the molecule is CN(C)C1(CC2CCCCC2)CCC2(CCN(C(=O)c3ccccc3)C2)CC1. The molecular weight excluding hydrogens is 344 g/mol. The minimum atomic E-state index is 0.226. The minimum Gasteiger partial charge on any atom is -0.338 e. The second-order valence-electron chi connectivity index (χ2n) is 10.2. The van der Waals surface area contributed by atoms with Crippen LogP contribution in [0, 0.1) is 11.3 Å². The van der Waals surface area contributed by atoms with Gasteiger partial charge in [-0.05, 0) is 76.1 Å². The predicted octanol–water partition coefficient (Wildman–Crippen LogP) is 5.36. The van der Waals surface area contributed by atoms with Gasteiger partial charge in [-0.15, -0.1) is 0 Å². The highest BCUT2D eigenvalue weighted by atomic mass is 16.2. The van der Waals surface area contributed by atoms with Crippen molar-refractivity contribution in [3.8, 4) is 0 Å². The lowest BCUT2D eigenvalue weighted by atomic mass is 9.63. The number of nitrogens with zero attached hydrogens (tertiary/aromatic N) is 2. The van der Waals surface area contributed by atoms with E-state index in [-0.39, 0.29) is 5.91 Å². The molecule has 28 heavy (non-hydrogen) atoms. The van der Waals surface area contributed by atoms with Crippen LogP contribution in [0.25, 0.3) is 0 Å². The number of likely N-dealkylation sites (tertiary alicyclic amines) is 1. The van der Waals surface area contributed by atoms with Gasteiger partial charge in [0.15, 0.2) is 0 Å². The monoisotopic (exact) mass is 382 g/mol. The zero-order chi connectivity index (χ0) is 19.6. The van der Waals surface area contributed by atoms with E-state index in [1.54, 1.807) is 0 Å². The van der Waals surface area contributed by atoms with Crippen molar-refractivity contribution in [2.45, 2.75) is 76.2 Å². The molecule has 1 heterocycles. The Labute approximate surface area is 171 Å². The Balaban J connectivity index is 1.39. The molecule has 3 aliphatic rings. The molecule has 1 aromatic rings. The number of amides is 1. The van der Waals surface area contributed by atoms with Crippen molar-refractivity contribution < 1.29 is 4.79 Å². The van der Waals surface area contributed by atoms with E-state index in [2.05, 4.69) is 23.9 Å². The van der Waals surface area contributed by atoms with Crippen molar-refractivity contribution >= 4 is 5.91 Å². The second kappa shape index (κ2) is 8.18. The topological polar surface area (TPSA) is 23.6 Å². The lowest BCUT2D eigenvalue weighted by Gasteiger charge is -2.50. The van der Waals surface area contributed by atoms with Crippen LogP contribution in [-0.2, 0) is 0 Å². The predicted molar refractivity (Wildman–Crippen MR) is 115 cm³/mol. The third-order valence-electron chi connectivity index (χ3n) is 8.33. The Morgan fingerprint density at radius 1 is 1.00 bits per heavy atom. The summed E-state index contributed by atoms with van der Waals surface area (Å²) in [6, 6.07) is 9.83. The zero-order valence-electron chi connectivity index (χ0n) is 18.0. The molecule has 0 N–H and O–H groups in total. The van der Waals surface area contributed by atoms with Gasteiger partial charge >= 0.3 is 0 Å². The molecule has 1 amide bonds. The number of hydrogen-bond acceptors (Lipinski definition) is 2. The minimum absolute atomic E-state index is 0.226. The van der Waals surface area contributed by atoms with Crippen LogP contribution in [0.1, 0.15) is 81.0 Å². The number of carbonyl (C=O) groups excluding carboxylic acids is 1. The van der Waals surface area contributed by atoms with Crippen LogP contribution in [0.2, 0.25) is 0 Å². The largest absolute Gasteiger partial charge is 0.338 e. The van der Waals surface area contributed by atoms with E-state index in [4.69, 9.17) is 0 Å². The maximum absolute atomic E-state index is 12.9. The lowest BCUT2D eigenvalue weighted by molar-refractivity contribution is 0.0179. The molecule has 1 aromatic carbocycles. The number of rotatable bonds is 4. The lowest BCUT2D eigenvalue weighted by Crippen LogP contribution is -2.51. The fraction of sp³-hybridized carbons (Fsp3) is 0.720. The van der Waals surface area contributed by atoms with Crippen LogP contribution in [-0.4, -0.2) is 48.4 Å². The first-order chi connectivity index (χ1) is 13.5. The summed E-state index contributed by atoms with van der Waals surface area (Å²) in [6.45, 7) is 1.90. The van der Waals surface area contributed by atoms with Crippen LogP contribution in [0.5, 0.6) is 0 Å². The Morgan fingerprint density at radius 2 is 1.68 bits per heavy atom. The Hall–Kier alpha value is -1.35. The highest BCUT2D eigenvalue weighted by molar-refractivity contribution is 5.94. The van der Waals surface area contributed by atoms with Crippen molar-refractivity contribution in [2.24, 2.45) is 11.3 Å². The molecule has 3 nitrogen and oxygen atoms in total. The maximum atomic E-state index is 12.9. The average molecular weight is 383 g/mol. The van der Waals surface area contributed by atoms with Gasteiger partial charge in [0.1, 0.15) is 0 Å². The van der Waals surface area contributed by atoms with Gasteiger partial charge in [-0.1, -0.05) is 50.3 Å². The van der Waals surface area contributed by atoms with Crippen LogP contribution in [0.4, 0.5) is 0 Å². The van der Waals surface area contributed by atoms with Crippen molar-refractivity contribution in [2.75, 3.05) is 27.2 Å². The summed E-state index contributed by atoms with van der Waals surface area (Å²) in [4.78, 5) is 17.6. The Kier molecular flexibility index (Phi) is 5.83. The Bertz CT molecular complexity index is 654. The van der Waals surface area contributed by atoms with Gasteiger partial charge in [0.25, 0.3) is 5.91 Å². The molecule has 0 bridgehead atoms. The third-order valence-corrected chi connectivity index (χ3v) is 8.33. The van der Waals surface area contributed by atoms with Crippen LogP contribution < -0.4 is 0 Å². The van der Waals surface area contributed by atoms with Crippen molar-refractivity contribution in [1.82, 2.24) is 9.80 Å². The van der Waals surface area contributed by atoms with Gasteiger partial charge in [0, 0.05) is 24.2 Å². The summed E-state index contributed by atoms with van der Waals surface area (Å²) < 4.78 is 0. The summed E-state index contributed by atoms with van der Waals surface area (Å²) >= 11 is 0. The fourth-order valence-electron chi connectivity index (χ4n) is 6.29. The second-order valence-corrected chi connectivity index (χ2v) is 10.2. The highest BCUT2D eigenvalue weighted by Crippen LogP contribution is 2.51. The van der Waals surface area contributed by atoms with Crippen molar-refractivity contribution in [1.29, 1.82) is 0 Å². The fourth-order valence-corrected chi connectivity index (χ4v) is 6.29. The third kappa shape index (κ3) is 4.01. The average Bonchev–Trinajstić information content (AvgIpc) is 3.15. The molecule has 4 rings (SSSR count). The molecule has 3 fully saturated rings. The van der Waals surface area contributed by atoms with Gasteiger partial charge in [0.2, 0.25) is 0 Å². The maximum Gasteiger partial charge on any atom is 0.253 e. The number of hydrogen-bond donors (Lipinski definition) is 0. The van der Waals surface area contributed by atoms with Gasteiger partial charge in [-0.3, -0.25) is 4.79 Å². The van der Waals surface area contributed by atoms with Crippen molar-refractivity contribution in [3.05, 3.63) is 35.9 Å². The van der Waals surface area contributed by atoms with Gasteiger partial charge in [0.05, 0.1) is 0 Å². The molecular formula is C25H38N2O. The van der Waals surface area contributed by atoms with Crippen LogP contribution in [0.15, 0.2) is 30.3 Å². The molecule has 2 aliphatic carbocycles. The summed E-state index contributed by atoms with van der Waals surface area (Å²) in [5.74, 6) is 1.16. The van der Waals surface area contributed by atoms with E-state index >= 15 is 0 Å². The zero-order valence-corrected chi connectivity index (χ0v) is 18.0. The molecule has 1 saturated heterocycles.